The van der Waals surface area contributed by atoms with Gasteiger partial charge in [0.05, 0.1) is 10.6 Å². The standard InChI is InChI=1S/C11H12FN3OS/c1-7-5-11(15-14-7)9-6-8(17(16)13-2)3-4-10(9)12/h3-6,13H,1-2H3,(H,14,15). The van der Waals surface area contributed by atoms with E-state index in [0.29, 0.717) is 16.2 Å². The van der Waals surface area contributed by atoms with E-state index >= 15 is 0 Å². The molecule has 0 spiro atoms. The fourth-order valence-corrected chi connectivity index (χ4v) is 2.14. The van der Waals surface area contributed by atoms with Gasteiger partial charge in [-0.1, -0.05) is 0 Å². The first kappa shape index (κ1) is 11.9. The molecule has 6 heteroatoms. The zero-order chi connectivity index (χ0) is 12.4. The minimum Gasteiger partial charge on any atom is -0.282 e. The van der Waals surface area contributed by atoms with Gasteiger partial charge in [0.2, 0.25) is 0 Å². The van der Waals surface area contributed by atoms with E-state index in [1.165, 1.54) is 18.2 Å². The Morgan fingerprint density at radius 1 is 1.41 bits per heavy atom. The Bertz CT molecular complexity index is 568. The normalized spacial score (nSPS) is 12.6. The second kappa shape index (κ2) is 4.77. The van der Waals surface area contributed by atoms with Crippen molar-refractivity contribution in [2.45, 2.75) is 11.8 Å². The molecule has 1 heterocycles. The van der Waals surface area contributed by atoms with Crippen LogP contribution in [-0.4, -0.2) is 21.5 Å². The molecule has 1 atom stereocenters. The highest BCUT2D eigenvalue weighted by Crippen LogP contribution is 2.23. The van der Waals surface area contributed by atoms with Crippen molar-refractivity contribution < 1.29 is 8.60 Å². The number of hydrogen-bond donors (Lipinski definition) is 2. The van der Waals surface area contributed by atoms with Crippen LogP contribution in [0.1, 0.15) is 5.69 Å². The minimum absolute atomic E-state index is 0.343. The Balaban J connectivity index is 2.49. The molecule has 0 bridgehead atoms. The highest BCUT2D eigenvalue weighted by atomic mass is 32.2. The molecule has 0 aliphatic heterocycles. The number of aromatic amines is 1. The van der Waals surface area contributed by atoms with Crippen LogP contribution in [0.3, 0.4) is 0 Å². The number of benzene rings is 1. The summed E-state index contributed by atoms with van der Waals surface area (Å²) in [6.07, 6.45) is 0. The molecule has 2 aromatic rings. The molecule has 4 nitrogen and oxygen atoms in total. The Kier molecular flexibility index (Phi) is 3.35. The highest BCUT2D eigenvalue weighted by molar-refractivity contribution is 7.83. The Hall–Kier alpha value is -1.53. The van der Waals surface area contributed by atoms with E-state index in [2.05, 4.69) is 14.9 Å². The molecule has 2 rings (SSSR count). The summed E-state index contributed by atoms with van der Waals surface area (Å²) in [5, 5.41) is 6.74. The van der Waals surface area contributed by atoms with Crippen molar-refractivity contribution in [3.05, 3.63) is 35.8 Å². The number of nitrogens with one attached hydrogen (secondary N) is 2. The first-order chi connectivity index (χ1) is 8.11. The minimum atomic E-state index is -1.33. The predicted octanol–water partition coefficient (Wildman–Crippen LogP) is 1.77. The van der Waals surface area contributed by atoms with Crippen LogP contribution in [0.15, 0.2) is 29.2 Å². The lowest BCUT2D eigenvalue weighted by Crippen LogP contribution is -2.10. The van der Waals surface area contributed by atoms with Gasteiger partial charge in [0.1, 0.15) is 16.8 Å². The van der Waals surface area contributed by atoms with Gasteiger partial charge in [0.25, 0.3) is 0 Å². The average molecular weight is 253 g/mol. The van der Waals surface area contributed by atoms with Crippen LogP contribution in [-0.2, 0) is 11.0 Å². The lowest BCUT2D eigenvalue weighted by atomic mass is 10.1. The first-order valence-corrected chi connectivity index (χ1v) is 6.18. The number of H-pyrrole nitrogens is 1. The van der Waals surface area contributed by atoms with E-state index in [1.807, 2.05) is 6.92 Å². The fourth-order valence-electron chi connectivity index (χ4n) is 1.49. The third kappa shape index (κ3) is 2.42. The maximum Gasteiger partial charge on any atom is 0.132 e. The molecule has 0 radical (unpaired) electrons. The zero-order valence-corrected chi connectivity index (χ0v) is 10.3. The van der Waals surface area contributed by atoms with Gasteiger partial charge in [-0.25, -0.2) is 13.3 Å². The van der Waals surface area contributed by atoms with E-state index in [1.54, 1.807) is 13.1 Å². The van der Waals surface area contributed by atoms with E-state index in [-0.39, 0.29) is 5.82 Å². The van der Waals surface area contributed by atoms with Gasteiger partial charge in [-0.05, 0) is 38.2 Å². The summed E-state index contributed by atoms with van der Waals surface area (Å²) < 4.78 is 27.8. The molecule has 1 aromatic heterocycles. The van der Waals surface area contributed by atoms with Crippen LogP contribution in [0.2, 0.25) is 0 Å². The number of aryl methyl sites for hydroxylation is 1. The molecule has 0 amide bonds. The Morgan fingerprint density at radius 2 is 2.18 bits per heavy atom. The van der Waals surface area contributed by atoms with Crippen molar-refractivity contribution in [1.29, 1.82) is 0 Å². The quantitative estimate of drug-likeness (QED) is 0.875. The van der Waals surface area contributed by atoms with Crippen molar-refractivity contribution >= 4 is 11.0 Å². The summed E-state index contributed by atoms with van der Waals surface area (Å²) in [6.45, 7) is 1.84. The molecule has 0 saturated heterocycles. The lowest BCUT2D eigenvalue weighted by molar-refractivity contribution is 0.629. The fraction of sp³-hybridized carbons (Fsp3) is 0.182. The van der Waals surface area contributed by atoms with Crippen LogP contribution in [0.4, 0.5) is 4.39 Å². The van der Waals surface area contributed by atoms with Crippen LogP contribution in [0.5, 0.6) is 0 Å². The second-order valence-corrected chi connectivity index (χ2v) is 4.97. The molecule has 0 aliphatic rings. The number of hydrogen-bond acceptors (Lipinski definition) is 2. The molecule has 2 N–H and O–H groups in total. The molecule has 0 aliphatic carbocycles. The third-order valence-electron chi connectivity index (χ3n) is 2.32. The number of rotatable bonds is 3. The number of halogens is 1. The Labute approximate surface area is 101 Å². The van der Waals surface area contributed by atoms with Crippen molar-refractivity contribution in [1.82, 2.24) is 14.9 Å². The average Bonchev–Trinajstić information content (AvgIpc) is 2.75. The predicted molar refractivity (Wildman–Crippen MR) is 64.2 cm³/mol. The monoisotopic (exact) mass is 253 g/mol. The van der Waals surface area contributed by atoms with Gasteiger partial charge >= 0.3 is 0 Å². The van der Waals surface area contributed by atoms with Crippen molar-refractivity contribution in [2.75, 3.05) is 7.05 Å². The van der Waals surface area contributed by atoms with Gasteiger partial charge in [0.15, 0.2) is 0 Å². The summed E-state index contributed by atoms with van der Waals surface area (Å²) in [4.78, 5) is 0.518. The van der Waals surface area contributed by atoms with Gasteiger partial charge in [-0.2, -0.15) is 5.10 Å². The van der Waals surface area contributed by atoms with Crippen molar-refractivity contribution in [2.24, 2.45) is 0 Å². The summed E-state index contributed by atoms with van der Waals surface area (Å²) in [6, 6.07) is 6.07. The zero-order valence-electron chi connectivity index (χ0n) is 9.45. The summed E-state index contributed by atoms with van der Waals surface area (Å²) >= 11 is 0. The SMILES string of the molecule is CNS(=O)c1ccc(F)c(-c2cc(C)[nH]n2)c1. The maximum atomic E-state index is 13.7. The van der Waals surface area contributed by atoms with Crippen molar-refractivity contribution in [3.63, 3.8) is 0 Å². The first-order valence-electron chi connectivity index (χ1n) is 5.03. The van der Waals surface area contributed by atoms with Crippen LogP contribution >= 0.6 is 0 Å². The van der Waals surface area contributed by atoms with Crippen LogP contribution in [0, 0.1) is 12.7 Å². The third-order valence-corrected chi connectivity index (χ3v) is 3.37. The van der Waals surface area contributed by atoms with E-state index in [0.717, 1.165) is 5.69 Å². The van der Waals surface area contributed by atoms with Crippen LogP contribution < -0.4 is 4.72 Å². The summed E-state index contributed by atoms with van der Waals surface area (Å²) in [7, 11) is 0.251. The van der Waals surface area contributed by atoms with E-state index < -0.39 is 11.0 Å². The molecular weight excluding hydrogens is 241 g/mol. The number of aromatic nitrogens is 2. The highest BCUT2D eigenvalue weighted by Gasteiger charge is 2.11. The van der Waals surface area contributed by atoms with Gasteiger partial charge in [-0.15, -0.1) is 0 Å². The Morgan fingerprint density at radius 3 is 2.76 bits per heavy atom. The lowest BCUT2D eigenvalue weighted by Gasteiger charge is -2.03. The van der Waals surface area contributed by atoms with Crippen molar-refractivity contribution in [3.8, 4) is 11.3 Å². The smallest absolute Gasteiger partial charge is 0.132 e. The maximum absolute atomic E-state index is 13.7. The molecule has 1 unspecified atom stereocenters. The van der Waals surface area contributed by atoms with Gasteiger partial charge < -0.3 is 0 Å². The molecule has 1 aromatic carbocycles. The molecule has 90 valence electrons. The van der Waals surface area contributed by atoms with Gasteiger partial charge in [0, 0.05) is 11.3 Å². The molecule has 0 saturated carbocycles. The largest absolute Gasteiger partial charge is 0.282 e. The number of nitrogens with zero attached hydrogens (tertiary/aromatic N) is 1. The summed E-state index contributed by atoms with van der Waals surface area (Å²) in [5.41, 5.74) is 1.70. The molecule has 0 fully saturated rings. The van der Waals surface area contributed by atoms with E-state index in [9.17, 15) is 8.60 Å². The van der Waals surface area contributed by atoms with Crippen LogP contribution in [0.25, 0.3) is 11.3 Å². The van der Waals surface area contributed by atoms with Gasteiger partial charge in [-0.3, -0.25) is 5.10 Å². The van der Waals surface area contributed by atoms with E-state index in [4.69, 9.17) is 0 Å². The second-order valence-electron chi connectivity index (χ2n) is 3.55. The molecular formula is C11H12FN3OS. The molecule has 17 heavy (non-hydrogen) atoms. The summed E-state index contributed by atoms with van der Waals surface area (Å²) in [5.74, 6) is -0.381. The topological polar surface area (TPSA) is 57.8 Å².